The summed E-state index contributed by atoms with van der Waals surface area (Å²) in [6.45, 7) is 1.68. The second-order valence-electron chi connectivity index (χ2n) is 5.02. The van der Waals surface area contributed by atoms with Crippen LogP contribution in [0.3, 0.4) is 0 Å². The summed E-state index contributed by atoms with van der Waals surface area (Å²) in [6, 6.07) is 8.54. The van der Waals surface area contributed by atoms with Crippen LogP contribution in [0.5, 0.6) is 5.75 Å². The van der Waals surface area contributed by atoms with Crippen LogP contribution in [0.2, 0.25) is 0 Å². The highest BCUT2D eigenvalue weighted by molar-refractivity contribution is 5.91. The first-order valence-corrected chi connectivity index (χ1v) is 7.05. The molecule has 5 nitrogen and oxygen atoms in total. The maximum Gasteiger partial charge on any atom is 0.319 e. The van der Waals surface area contributed by atoms with Gasteiger partial charge in [-0.3, -0.25) is 0 Å². The number of urea groups is 1. The highest BCUT2D eigenvalue weighted by Gasteiger charge is 2.13. The van der Waals surface area contributed by atoms with Gasteiger partial charge in [-0.05, 0) is 42.8 Å². The predicted molar refractivity (Wildman–Crippen MR) is 84.6 cm³/mol. The van der Waals surface area contributed by atoms with Gasteiger partial charge in [0.05, 0.1) is 24.4 Å². The summed E-state index contributed by atoms with van der Waals surface area (Å²) in [4.78, 5) is 12.0. The zero-order valence-electron chi connectivity index (χ0n) is 13.1. The SMILES string of the molecule is COc1ccc(C(C)NC(=O)Nc2ccc(F)cc2C#N)cc1F. The van der Waals surface area contributed by atoms with Crippen molar-refractivity contribution in [3.63, 3.8) is 0 Å². The number of anilines is 1. The van der Waals surface area contributed by atoms with Gasteiger partial charge in [0, 0.05) is 0 Å². The maximum atomic E-state index is 13.7. The largest absolute Gasteiger partial charge is 0.494 e. The molecule has 2 aromatic carbocycles. The second kappa shape index (κ2) is 7.42. The van der Waals surface area contributed by atoms with Crippen LogP contribution in [-0.4, -0.2) is 13.1 Å². The van der Waals surface area contributed by atoms with Gasteiger partial charge in [0.15, 0.2) is 11.6 Å². The third-order valence-corrected chi connectivity index (χ3v) is 3.37. The maximum absolute atomic E-state index is 13.7. The first kappa shape index (κ1) is 17.2. The number of hydrogen-bond acceptors (Lipinski definition) is 3. The number of nitrogens with one attached hydrogen (secondary N) is 2. The Labute approximate surface area is 137 Å². The van der Waals surface area contributed by atoms with E-state index in [1.165, 1.54) is 25.3 Å². The van der Waals surface area contributed by atoms with Crippen LogP contribution in [0.4, 0.5) is 19.3 Å². The molecule has 0 saturated heterocycles. The number of rotatable bonds is 4. The molecule has 0 aliphatic carbocycles. The summed E-state index contributed by atoms with van der Waals surface area (Å²) >= 11 is 0. The molecule has 0 aliphatic rings. The van der Waals surface area contributed by atoms with E-state index in [4.69, 9.17) is 10.00 Å². The molecule has 0 aromatic heterocycles. The van der Waals surface area contributed by atoms with Crippen molar-refractivity contribution in [1.29, 1.82) is 5.26 Å². The van der Waals surface area contributed by atoms with Gasteiger partial charge in [0.1, 0.15) is 11.9 Å². The van der Waals surface area contributed by atoms with E-state index in [0.29, 0.717) is 5.56 Å². The zero-order valence-corrected chi connectivity index (χ0v) is 13.1. The van der Waals surface area contributed by atoms with E-state index in [1.54, 1.807) is 19.1 Å². The van der Waals surface area contributed by atoms with Crippen molar-refractivity contribution in [2.45, 2.75) is 13.0 Å². The topological polar surface area (TPSA) is 74.2 Å². The van der Waals surface area contributed by atoms with Gasteiger partial charge in [-0.2, -0.15) is 5.26 Å². The van der Waals surface area contributed by atoms with Crippen molar-refractivity contribution in [3.8, 4) is 11.8 Å². The minimum absolute atomic E-state index is 0.00768. The number of nitriles is 1. The fourth-order valence-corrected chi connectivity index (χ4v) is 2.11. The molecule has 2 amide bonds. The molecule has 0 aliphatic heterocycles. The molecule has 0 fully saturated rings. The van der Waals surface area contributed by atoms with Gasteiger partial charge in [-0.15, -0.1) is 0 Å². The average Bonchev–Trinajstić information content (AvgIpc) is 2.56. The van der Waals surface area contributed by atoms with Gasteiger partial charge in [0.2, 0.25) is 0 Å². The average molecular weight is 331 g/mol. The Morgan fingerprint density at radius 1 is 1.25 bits per heavy atom. The number of ether oxygens (including phenoxy) is 1. The molecular formula is C17H15F2N3O2. The van der Waals surface area contributed by atoms with E-state index < -0.39 is 23.7 Å². The van der Waals surface area contributed by atoms with Crippen LogP contribution in [0.15, 0.2) is 36.4 Å². The summed E-state index contributed by atoms with van der Waals surface area (Å²) < 4.78 is 31.6. The van der Waals surface area contributed by atoms with Crippen molar-refractivity contribution >= 4 is 11.7 Å². The number of hydrogen-bond donors (Lipinski definition) is 2. The van der Waals surface area contributed by atoms with E-state index in [9.17, 15) is 13.6 Å². The lowest BCUT2D eigenvalue weighted by Gasteiger charge is -2.16. The summed E-state index contributed by atoms with van der Waals surface area (Å²) in [6.07, 6.45) is 0. The number of benzene rings is 2. The van der Waals surface area contributed by atoms with Crippen molar-refractivity contribution in [2.24, 2.45) is 0 Å². The van der Waals surface area contributed by atoms with Crippen LogP contribution >= 0.6 is 0 Å². The molecule has 0 spiro atoms. The van der Waals surface area contributed by atoms with E-state index in [2.05, 4.69) is 10.6 Å². The smallest absolute Gasteiger partial charge is 0.319 e. The van der Waals surface area contributed by atoms with Gasteiger partial charge in [0.25, 0.3) is 0 Å². The molecule has 2 aromatic rings. The summed E-state index contributed by atoms with van der Waals surface area (Å²) in [7, 11) is 1.36. The Bertz CT molecular complexity index is 803. The normalized spacial score (nSPS) is 11.3. The molecule has 1 atom stereocenters. The minimum atomic E-state index is -0.596. The Morgan fingerprint density at radius 3 is 2.62 bits per heavy atom. The van der Waals surface area contributed by atoms with Crippen molar-refractivity contribution in [2.75, 3.05) is 12.4 Å². The summed E-state index contributed by atoms with van der Waals surface area (Å²) in [5.74, 6) is -0.991. The molecule has 0 radical (unpaired) electrons. The lowest BCUT2D eigenvalue weighted by molar-refractivity contribution is 0.249. The van der Waals surface area contributed by atoms with Gasteiger partial charge < -0.3 is 15.4 Å². The van der Waals surface area contributed by atoms with Crippen molar-refractivity contribution in [1.82, 2.24) is 5.32 Å². The Kier molecular flexibility index (Phi) is 5.32. The van der Waals surface area contributed by atoms with E-state index in [-0.39, 0.29) is 17.0 Å². The molecular weight excluding hydrogens is 316 g/mol. The molecule has 24 heavy (non-hydrogen) atoms. The summed E-state index contributed by atoms with van der Waals surface area (Å²) in [5.41, 5.74) is 0.737. The molecule has 2 N–H and O–H groups in total. The van der Waals surface area contributed by atoms with Crippen LogP contribution in [-0.2, 0) is 0 Å². The number of halogens is 2. The first-order chi connectivity index (χ1) is 11.4. The molecule has 7 heteroatoms. The zero-order chi connectivity index (χ0) is 17.7. The molecule has 124 valence electrons. The third-order valence-electron chi connectivity index (χ3n) is 3.37. The van der Waals surface area contributed by atoms with Crippen LogP contribution in [0, 0.1) is 23.0 Å². The highest BCUT2D eigenvalue weighted by atomic mass is 19.1. The van der Waals surface area contributed by atoms with E-state index in [1.807, 2.05) is 0 Å². The lowest BCUT2D eigenvalue weighted by atomic mass is 10.1. The molecule has 1 unspecified atom stereocenters. The number of carbonyl (C=O) groups is 1. The van der Waals surface area contributed by atoms with Gasteiger partial charge >= 0.3 is 6.03 Å². The Morgan fingerprint density at radius 2 is 2.00 bits per heavy atom. The summed E-state index contributed by atoms with van der Waals surface area (Å²) in [5, 5.41) is 14.0. The molecule has 0 heterocycles. The van der Waals surface area contributed by atoms with Crippen LogP contribution < -0.4 is 15.4 Å². The van der Waals surface area contributed by atoms with Gasteiger partial charge in [-0.25, -0.2) is 13.6 Å². The lowest BCUT2D eigenvalue weighted by Crippen LogP contribution is -2.31. The fourth-order valence-electron chi connectivity index (χ4n) is 2.11. The molecule has 0 saturated carbocycles. The minimum Gasteiger partial charge on any atom is -0.494 e. The van der Waals surface area contributed by atoms with Crippen LogP contribution in [0.1, 0.15) is 24.1 Å². The van der Waals surface area contributed by atoms with Crippen molar-refractivity contribution < 1.29 is 18.3 Å². The predicted octanol–water partition coefficient (Wildman–Crippen LogP) is 3.73. The highest BCUT2D eigenvalue weighted by Crippen LogP contribution is 2.22. The first-order valence-electron chi connectivity index (χ1n) is 7.05. The molecule has 2 rings (SSSR count). The Balaban J connectivity index is 2.07. The number of methoxy groups -OCH3 is 1. The van der Waals surface area contributed by atoms with E-state index >= 15 is 0 Å². The van der Waals surface area contributed by atoms with Crippen LogP contribution in [0.25, 0.3) is 0 Å². The number of nitrogens with zero attached hydrogens (tertiary/aromatic N) is 1. The monoisotopic (exact) mass is 331 g/mol. The van der Waals surface area contributed by atoms with Crippen molar-refractivity contribution in [3.05, 3.63) is 59.2 Å². The quantitative estimate of drug-likeness (QED) is 0.896. The second-order valence-corrected chi connectivity index (χ2v) is 5.02. The number of carbonyl (C=O) groups excluding carboxylic acids is 1. The fraction of sp³-hybridized carbons (Fsp3) is 0.176. The third kappa shape index (κ3) is 3.98. The standard InChI is InChI=1S/C17H15F2N3O2/c1-10(11-3-6-16(24-2)14(19)8-11)21-17(23)22-15-5-4-13(18)7-12(15)9-20/h3-8,10H,1-2H3,(H2,21,22,23). The molecule has 0 bridgehead atoms. The van der Waals surface area contributed by atoms with Gasteiger partial charge in [-0.1, -0.05) is 6.07 Å². The Hall–Kier alpha value is -3.14. The van der Waals surface area contributed by atoms with E-state index in [0.717, 1.165) is 12.1 Å². The number of amides is 2.